The second-order valence-electron chi connectivity index (χ2n) is 4.03. The van der Waals surface area contributed by atoms with E-state index in [1.807, 2.05) is 30.3 Å². The van der Waals surface area contributed by atoms with Crippen molar-refractivity contribution in [2.75, 3.05) is 25.0 Å². The van der Waals surface area contributed by atoms with Gasteiger partial charge in [-0.1, -0.05) is 36.9 Å². The Labute approximate surface area is 125 Å². The molecule has 1 aromatic rings. The summed E-state index contributed by atoms with van der Waals surface area (Å²) in [5, 5.41) is 0. The van der Waals surface area contributed by atoms with Crippen LogP contribution in [0.1, 0.15) is 18.4 Å². The normalized spacial score (nSPS) is 10.4. The summed E-state index contributed by atoms with van der Waals surface area (Å²) in [6.45, 7) is 4.90. The Balaban J connectivity index is 2.60. The number of rotatable bonds is 10. The first kappa shape index (κ1) is 16.6. The van der Waals surface area contributed by atoms with E-state index in [2.05, 4.69) is 6.58 Å². The fraction of sp³-hybridized carbons (Fsp3) is 0.429. The molecule has 0 atom stereocenters. The van der Waals surface area contributed by atoms with Gasteiger partial charge in [-0.15, -0.1) is 23.2 Å². The lowest BCUT2D eigenvalue weighted by Crippen LogP contribution is -2.37. The Bertz CT molecular complexity index is 347. The molecule has 5 heteroatoms. The van der Waals surface area contributed by atoms with Gasteiger partial charge in [0.1, 0.15) is 0 Å². The van der Waals surface area contributed by atoms with Crippen LogP contribution in [-0.4, -0.2) is 32.1 Å². The lowest BCUT2D eigenvalue weighted by atomic mass is 9.78. The smallest absolute Gasteiger partial charge is 0.407 e. The lowest BCUT2D eigenvalue weighted by Gasteiger charge is -2.14. The molecule has 2 nitrogen and oxygen atoms in total. The van der Waals surface area contributed by atoms with Crippen molar-refractivity contribution < 1.29 is 9.31 Å². The van der Waals surface area contributed by atoms with Crippen LogP contribution in [0.25, 0.3) is 6.08 Å². The molecule has 0 amide bonds. The first-order valence-corrected chi connectivity index (χ1v) is 7.46. The molecule has 0 radical (unpaired) electrons. The summed E-state index contributed by atoms with van der Waals surface area (Å²) < 4.78 is 11.4. The van der Waals surface area contributed by atoms with Gasteiger partial charge in [0.15, 0.2) is 0 Å². The van der Waals surface area contributed by atoms with Crippen molar-refractivity contribution in [2.45, 2.75) is 12.8 Å². The minimum atomic E-state index is -0.356. The van der Waals surface area contributed by atoms with Crippen LogP contribution in [0.5, 0.6) is 0 Å². The Morgan fingerprint density at radius 2 is 1.53 bits per heavy atom. The fourth-order valence-electron chi connectivity index (χ4n) is 1.52. The maximum atomic E-state index is 5.71. The van der Waals surface area contributed by atoms with Gasteiger partial charge in [-0.25, -0.2) is 0 Å². The van der Waals surface area contributed by atoms with Gasteiger partial charge in [-0.2, -0.15) is 0 Å². The van der Waals surface area contributed by atoms with Crippen molar-refractivity contribution in [1.82, 2.24) is 0 Å². The van der Waals surface area contributed by atoms with E-state index in [9.17, 15) is 0 Å². The minimum absolute atomic E-state index is 0.356. The zero-order chi connectivity index (χ0) is 13.9. The Morgan fingerprint density at radius 1 is 1.00 bits per heavy atom. The number of hydrogen-bond donors (Lipinski definition) is 0. The predicted molar refractivity (Wildman–Crippen MR) is 84.5 cm³/mol. The fourth-order valence-corrected chi connectivity index (χ4v) is 1.74. The molecule has 0 saturated heterocycles. The third-order valence-corrected chi connectivity index (χ3v) is 3.07. The third-order valence-electron chi connectivity index (χ3n) is 2.54. The van der Waals surface area contributed by atoms with Crippen LogP contribution < -0.4 is 5.46 Å². The van der Waals surface area contributed by atoms with Crippen LogP contribution in [0.3, 0.4) is 0 Å². The summed E-state index contributed by atoms with van der Waals surface area (Å²) in [7, 11) is -0.356. The highest BCUT2D eigenvalue weighted by atomic mass is 35.5. The van der Waals surface area contributed by atoms with Gasteiger partial charge in [0, 0.05) is 25.0 Å². The van der Waals surface area contributed by atoms with Crippen LogP contribution in [0.4, 0.5) is 0 Å². The van der Waals surface area contributed by atoms with Crippen LogP contribution >= 0.6 is 23.2 Å². The van der Waals surface area contributed by atoms with Gasteiger partial charge in [0.2, 0.25) is 0 Å². The number of benzene rings is 1. The Kier molecular flexibility index (Phi) is 9.01. The molecule has 0 bridgehead atoms. The summed E-state index contributed by atoms with van der Waals surface area (Å²) in [6.07, 6.45) is 3.42. The van der Waals surface area contributed by atoms with E-state index in [-0.39, 0.29) is 7.12 Å². The second-order valence-corrected chi connectivity index (χ2v) is 4.79. The van der Waals surface area contributed by atoms with Gasteiger partial charge in [-0.05, 0) is 23.9 Å². The van der Waals surface area contributed by atoms with E-state index in [1.165, 1.54) is 0 Å². The van der Waals surface area contributed by atoms with Crippen molar-refractivity contribution in [3.05, 3.63) is 36.4 Å². The van der Waals surface area contributed by atoms with Crippen LogP contribution in [0.2, 0.25) is 0 Å². The monoisotopic (exact) mass is 300 g/mol. The molecule has 19 heavy (non-hydrogen) atoms. The summed E-state index contributed by atoms with van der Waals surface area (Å²) in [5.41, 5.74) is 2.07. The molecule has 1 aromatic carbocycles. The molecule has 104 valence electrons. The second kappa shape index (κ2) is 10.3. The van der Waals surface area contributed by atoms with Crippen molar-refractivity contribution in [3.8, 4) is 0 Å². The van der Waals surface area contributed by atoms with Crippen LogP contribution in [0.15, 0.2) is 30.8 Å². The van der Waals surface area contributed by atoms with Gasteiger partial charge < -0.3 is 9.31 Å². The predicted octanol–water partition coefficient (Wildman–Crippen LogP) is 3.32. The summed E-state index contributed by atoms with van der Waals surface area (Å²) in [6, 6.07) is 7.96. The average molecular weight is 301 g/mol. The summed E-state index contributed by atoms with van der Waals surface area (Å²) >= 11 is 11.3. The van der Waals surface area contributed by atoms with Gasteiger partial charge in [-0.3, -0.25) is 0 Å². The molecule has 0 fully saturated rings. The van der Waals surface area contributed by atoms with E-state index in [0.29, 0.717) is 25.0 Å². The highest BCUT2D eigenvalue weighted by Gasteiger charge is 2.20. The highest BCUT2D eigenvalue weighted by molar-refractivity contribution is 6.61. The van der Waals surface area contributed by atoms with Crippen LogP contribution in [-0.2, 0) is 9.31 Å². The molecule has 1 rings (SSSR count). The Morgan fingerprint density at radius 3 is 1.95 bits per heavy atom. The van der Waals surface area contributed by atoms with E-state index >= 15 is 0 Å². The summed E-state index contributed by atoms with van der Waals surface area (Å²) in [5.74, 6) is 1.17. The maximum absolute atomic E-state index is 5.71. The first-order valence-electron chi connectivity index (χ1n) is 6.39. The van der Waals surface area contributed by atoms with Gasteiger partial charge in [0.05, 0.1) is 0 Å². The third kappa shape index (κ3) is 6.48. The molecule has 0 saturated carbocycles. The van der Waals surface area contributed by atoms with Crippen molar-refractivity contribution in [3.63, 3.8) is 0 Å². The van der Waals surface area contributed by atoms with E-state index in [1.54, 1.807) is 0 Å². The molecule has 0 aliphatic heterocycles. The largest absolute Gasteiger partial charge is 0.493 e. The topological polar surface area (TPSA) is 18.5 Å². The van der Waals surface area contributed by atoms with E-state index < -0.39 is 0 Å². The Hall–Kier alpha value is -0.475. The maximum Gasteiger partial charge on any atom is 0.493 e. The quantitative estimate of drug-likeness (QED) is 0.375. The molecule has 0 unspecified atom stereocenters. The molecule has 0 aliphatic carbocycles. The molecule has 0 aliphatic rings. The number of alkyl halides is 2. The molecular formula is C14H19BCl2O2. The summed E-state index contributed by atoms with van der Waals surface area (Å²) in [4.78, 5) is 0. The van der Waals surface area contributed by atoms with E-state index in [0.717, 1.165) is 23.9 Å². The van der Waals surface area contributed by atoms with Crippen molar-refractivity contribution >= 4 is 41.9 Å². The van der Waals surface area contributed by atoms with Crippen molar-refractivity contribution in [2.24, 2.45) is 0 Å². The van der Waals surface area contributed by atoms with Gasteiger partial charge >= 0.3 is 7.12 Å². The molecule has 0 aromatic heterocycles. The van der Waals surface area contributed by atoms with E-state index in [4.69, 9.17) is 32.5 Å². The molecule has 0 N–H and O–H groups in total. The number of hydrogen-bond acceptors (Lipinski definition) is 2. The lowest BCUT2D eigenvalue weighted by molar-refractivity contribution is 0.208. The van der Waals surface area contributed by atoms with Gasteiger partial charge in [0.25, 0.3) is 0 Å². The zero-order valence-electron chi connectivity index (χ0n) is 11.0. The molecule has 0 heterocycles. The van der Waals surface area contributed by atoms with Crippen molar-refractivity contribution in [1.29, 1.82) is 0 Å². The first-order chi connectivity index (χ1) is 9.31. The molecule has 0 spiro atoms. The molecular weight excluding hydrogens is 282 g/mol. The minimum Gasteiger partial charge on any atom is -0.407 e. The van der Waals surface area contributed by atoms with Crippen LogP contribution in [0, 0.1) is 0 Å². The SMILES string of the molecule is C=Cc1ccc(B(OCCCCl)OCCCCl)cc1. The highest BCUT2D eigenvalue weighted by Crippen LogP contribution is 2.02. The number of halogens is 2. The average Bonchev–Trinajstić information content (AvgIpc) is 2.46. The zero-order valence-corrected chi connectivity index (χ0v) is 12.5. The standard InChI is InChI=1S/C14H19BCl2O2/c1-2-13-5-7-14(8-6-13)15(18-11-3-9-16)19-12-4-10-17/h2,5-8H,1,3-4,9-12H2.